The number of rotatable bonds is 4. The van der Waals surface area contributed by atoms with Crippen LogP contribution in [0.15, 0.2) is 40.0 Å². The summed E-state index contributed by atoms with van der Waals surface area (Å²) in [6.07, 6.45) is 2.28. The summed E-state index contributed by atoms with van der Waals surface area (Å²) in [5.41, 5.74) is 2.03. The SMILES string of the molecule is COC(=O)C1=C(C)N(CC2CC2)C(=O)N[C@H]1c1ccc(Br)cc1. The predicted molar refractivity (Wildman–Crippen MR) is 89.6 cm³/mol. The van der Waals surface area contributed by atoms with Crippen molar-refractivity contribution in [3.63, 3.8) is 0 Å². The molecular weight excluding hydrogens is 360 g/mol. The van der Waals surface area contributed by atoms with E-state index in [1.165, 1.54) is 7.11 Å². The first-order chi connectivity index (χ1) is 11.0. The lowest BCUT2D eigenvalue weighted by molar-refractivity contribution is -0.136. The molecule has 2 aliphatic rings. The maximum absolute atomic E-state index is 12.5. The normalized spacial score (nSPS) is 21.3. The van der Waals surface area contributed by atoms with E-state index in [-0.39, 0.29) is 6.03 Å². The summed E-state index contributed by atoms with van der Waals surface area (Å²) in [7, 11) is 1.36. The van der Waals surface area contributed by atoms with Gasteiger partial charge in [0.25, 0.3) is 0 Å². The number of esters is 1. The number of allylic oxidation sites excluding steroid dienone is 1. The summed E-state index contributed by atoms with van der Waals surface area (Å²) in [4.78, 5) is 26.5. The second-order valence-electron chi connectivity index (χ2n) is 5.98. The smallest absolute Gasteiger partial charge is 0.337 e. The molecule has 0 radical (unpaired) electrons. The Morgan fingerprint density at radius 2 is 2.00 bits per heavy atom. The lowest BCUT2D eigenvalue weighted by Gasteiger charge is -2.35. The van der Waals surface area contributed by atoms with Gasteiger partial charge in [0.1, 0.15) is 0 Å². The number of halogens is 1. The number of hydrogen-bond acceptors (Lipinski definition) is 3. The van der Waals surface area contributed by atoms with Crippen molar-refractivity contribution in [1.29, 1.82) is 0 Å². The molecule has 1 aliphatic heterocycles. The molecule has 1 N–H and O–H groups in total. The van der Waals surface area contributed by atoms with E-state index in [4.69, 9.17) is 4.74 Å². The van der Waals surface area contributed by atoms with Crippen LogP contribution < -0.4 is 5.32 Å². The molecule has 122 valence electrons. The van der Waals surface area contributed by atoms with Crippen molar-refractivity contribution >= 4 is 27.9 Å². The summed E-state index contributed by atoms with van der Waals surface area (Å²) in [5.74, 6) is 0.134. The first kappa shape index (κ1) is 16.1. The third kappa shape index (κ3) is 3.27. The Hall–Kier alpha value is -1.82. The fourth-order valence-corrected chi connectivity index (χ4v) is 3.10. The molecule has 1 saturated carbocycles. The van der Waals surface area contributed by atoms with Gasteiger partial charge in [0.05, 0.1) is 18.7 Å². The number of benzene rings is 1. The summed E-state index contributed by atoms with van der Waals surface area (Å²) in [6.45, 7) is 2.48. The molecule has 1 aromatic carbocycles. The highest BCUT2D eigenvalue weighted by Crippen LogP contribution is 2.36. The molecular formula is C17H19BrN2O3. The number of nitrogens with zero attached hydrogens (tertiary/aromatic N) is 1. The molecule has 1 aromatic rings. The number of nitrogens with one attached hydrogen (secondary N) is 1. The highest BCUT2D eigenvalue weighted by molar-refractivity contribution is 9.10. The first-order valence-electron chi connectivity index (χ1n) is 7.64. The molecule has 1 heterocycles. The van der Waals surface area contributed by atoms with E-state index >= 15 is 0 Å². The number of methoxy groups -OCH3 is 1. The van der Waals surface area contributed by atoms with Gasteiger partial charge in [-0.1, -0.05) is 28.1 Å². The molecule has 0 saturated heterocycles. The van der Waals surface area contributed by atoms with Crippen molar-refractivity contribution in [2.45, 2.75) is 25.8 Å². The lowest BCUT2D eigenvalue weighted by atomic mass is 9.95. The minimum absolute atomic E-state index is 0.157. The number of urea groups is 1. The monoisotopic (exact) mass is 378 g/mol. The van der Waals surface area contributed by atoms with Crippen molar-refractivity contribution in [3.8, 4) is 0 Å². The lowest BCUT2D eigenvalue weighted by Crippen LogP contribution is -2.48. The van der Waals surface area contributed by atoms with Crippen molar-refractivity contribution in [2.24, 2.45) is 5.92 Å². The van der Waals surface area contributed by atoms with Crippen molar-refractivity contribution in [1.82, 2.24) is 10.2 Å². The summed E-state index contributed by atoms with van der Waals surface area (Å²) in [6, 6.07) is 6.92. The molecule has 0 aromatic heterocycles. The van der Waals surface area contributed by atoms with Crippen LogP contribution in [0, 0.1) is 5.92 Å². The molecule has 1 atom stereocenters. The largest absolute Gasteiger partial charge is 0.466 e. The minimum Gasteiger partial charge on any atom is -0.466 e. The van der Waals surface area contributed by atoms with Gasteiger partial charge in [-0.05, 0) is 43.4 Å². The second-order valence-corrected chi connectivity index (χ2v) is 6.89. The average Bonchev–Trinajstić information content (AvgIpc) is 3.35. The van der Waals surface area contributed by atoms with Crippen molar-refractivity contribution < 1.29 is 14.3 Å². The third-order valence-corrected chi connectivity index (χ3v) is 4.87. The van der Waals surface area contributed by atoms with Gasteiger partial charge in [0, 0.05) is 16.7 Å². The Morgan fingerprint density at radius 3 is 2.57 bits per heavy atom. The van der Waals surface area contributed by atoms with Crippen LogP contribution in [0.1, 0.15) is 31.4 Å². The summed E-state index contributed by atoms with van der Waals surface area (Å²) < 4.78 is 5.90. The Bertz CT molecular complexity index is 665. The zero-order valence-electron chi connectivity index (χ0n) is 13.1. The van der Waals surface area contributed by atoms with Crippen LogP contribution in [-0.4, -0.2) is 30.6 Å². The molecule has 1 fully saturated rings. The van der Waals surface area contributed by atoms with Gasteiger partial charge in [-0.3, -0.25) is 4.90 Å². The summed E-state index contributed by atoms with van der Waals surface area (Å²) >= 11 is 3.40. The molecule has 3 rings (SSSR count). The Kier molecular flexibility index (Phi) is 4.43. The van der Waals surface area contributed by atoms with Gasteiger partial charge in [0.2, 0.25) is 0 Å². The first-order valence-corrected chi connectivity index (χ1v) is 8.43. The highest BCUT2D eigenvalue weighted by atomic mass is 79.9. The maximum Gasteiger partial charge on any atom is 0.337 e. The Morgan fingerprint density at radius 1 is 1.35 bits per heavy atom. The van der Waals surface area contributed by atoms with Crippen LogP contribution >= 0.6 is 15.9 Å². The van der Waals surface area contributed by atoms with E-state index in [0.717, 1.165) is 22.9 Å². The summed E-state index contributed by atoms with van der Waals surface area (Å²) in [5, 5.41) is 2.94. The number of hydrogen-bond donors (Lipinski definition) is 1. The van der Waals surface area contributed by atoms with Crippen LogP contribution in [0.2, 0.25) is 0 Å². The third-order valence-electron chi connectivity index (χ3n) is 4.34. The Labute approximate surface area is 143 Å². The van der Waals surface area contributed by atoms with Crippen LogP contribution in [0.5, 0.6) is 0 Å². The fraction of sp³-hybridized carbons (Fsp3) is 0.412. The molecule has 0 unspecified atom stereocenters. The molecule has 23 heavy (non-hydrogen) atoms. The van der Waals surface area contributed by atoms with Gasteiger partial charge >= 0.3 is 12.0 Å². The highest BCUT2D eigenvalue weighted by Gasteiger charge is 2.38. The predicted octanol–water partition coefficient (Wildman–Crippen LogP) is 3.37. The van der Waals surface area contributed by atoms with Crippen molar-refractivity contribution in [2.75, 3.05) is 13.7 Å². The zero-order valence-corrected chi connectivity index (χ0v) is 14.7. The van der Waals surface area contributed by atoms with Gasteiger partial charge in [-0.15, -0.1) is 0 Å². The van der Waals surface area contributed by atoms with E-state index in [2.05, 4.69) is 21.2 Å². The molecule has 2 amide bonds. The molecule has 1 aliphatic carbocycles. The topological polar surface area (TPSA) is 58.6 Å². The number of amides is 2. The molecule has 5 nitrogen and oxygen atoms in total. The van der Waals surface area contributed by atoms with E-state index in [9.17, 15) is 9.59 Å². The van der Waals surface area contributed by atoms with Crippen LogP contribution in [0.4, 0.5) is 4.79 Å². The van der Waals surface area contributed by atoms with Gasteiger partial charge in [-0.2, -0.15) is 0 Å². The average molecular weight is 379 g/mol. The van der Waals surface area contributed by atoms with E-state index in [0.29, 0.717) is 23.7 Å². The quantitative estimate of drug-likeness (QED) is 0.817. The number of carbonyl (C=O) groups is 2. The minimum atomic E-state index is -0.487. The molecule has 0 bridgehead atoms. The number of carbonyl (C=O) groups excluding carboxylic acids is 2. The Balaban J connectivity index is 2.00. The molecule has 6 heteroatoms. The maximum atomic E-state index is 12.5. The van der Waals surface area contributed by atoms with Gasteiger partial charge in [0.15, 0.2) is 0 Å². The van der Waals surface area contributed by atoms with Gasteiger partial charge in [-0.25, -0.2) is 9.59 Å². The second kappa shape index (κ2) is 6.35. The fourth-order valence-electron chi connectivity index (χ4n) is 2.84. The van der Waals surface area contributed by atoms with E-state index in [1.807, 2.05) is 31.2 Å². The van der Waals surface area contributed by atoms with Gasteiger partial charge < -0.3 is 10.1 Å². The van der Waals surface area contributed by atoms with E-state index in [1.54, 1.807) is 4.90 Å². The van der Waals surface area contributed by atoms with Crippen LogP contribution in [-0.2, 0) is 9.53 Å². The molecule has 0 spiro atoms. The zero-order chi connectivity index (χ0) is 16.6. The van der Waals surface area contributed by atoms with E-state index < -0.39 is 12.0 Å². The van der Waals surface area contributed by atoms with Crippen LogP contribution in [0.3, 0.4) is 0 Å². The standard InChI is InChI=1S/C17H19BrN2O3/c1-10-14(16(21)23-2)15(12-5-7-13(18)8-6-12)19-17(22)20(10)9-11-3-4-11/h5-8,11,15H,3-4,9H2,1-2H3,(H,19,22)/t15-/m0/s1. The van der Waals surface area contributed by atoms with Crippen molar-refractivity contribution in [3.05, 3.63) is 45.6 Å². The number of ether oxygens (including phenoxy) is 1. The van der Waals surface area contributed by atoms with Crippen LogP contribution in [0.25, 0.3) is 0 Å².